The van der Waals surface area contributed by atoms with E-state index in [0.717, 1.165) is 22.6 Å². The molecule has 0 unspecified atom stereocenters. The van der Waals surface area contributed by atoms with Gasteiger partial charge in [-0.2, -0.15) is 0 Å². The van der Waals surface area contributed by atoms with Crippen molar-refractivity contribution in [3.63, 3.8) is 0 Å². The highest BCUT2D eigenvalue weighted by molar-refractivity contribution is 6.15. The molecule has 2 nitrogen and oxygen atoms in total. The maximum Gasteiger partial charge on any atom is 0.0800 e. The van der Waals surface area contributed by atoms with Gasteiger partial charge in [-0.15, -0.1) is 0 Å². The highest BCUT2D eigenvalue weighted by atomic mass is 15.0. The van der Waals surface area contributed by atoms with Gasteiger partial charge in [0.25, 0.3) is 0 Å². The Morgan fingerprint density at radius 3 is 1.79 bits per heavy atom. The molecule has 8 aromatic carbocycles. The zero-order valence-electron chi connectivity index (χ0n) is 31.2. The molecule has 2 heterocycles. The van der Waals surface area contributed by atoms with Crippen LogP contribution < -0.4 is 0 Å². The SMILES string of the molecule is CC1(C)c2ccccc2-c2ccc(-c3ccc4c(c3)c3cc(-c5cccc(-c6cc7cccc8c7c(n6)-c6ccccc6-8)c5)ccc3n4-c3ccccc3)cc21. The molecule has 56 heavy (non-hydrogen) atoms. The molecule has 2 aliphatic carbocycles. The Morgan fingerprint density at radius 2 is 1.00 bits per heavy atom. The van der Waals surface area contributed by atoms with Gasteiger partial charge in [-0.3, -0.25) is 0 Å². The summed E-state index contributed by atoms with van der Waals surface area (Å²) in [6.07, 6.45) is 0. The van der Waals surface area contributed by atoms with Crippen molar-refractivity contribution in [3.05, 3.63) is 193 Å². The lowest BCUT2D eigenvalue weighted by Crippen LogP contribution is -2.14. The van der Waals surface area contributed by atoms with E-state index in [1.807, 2.05) is 0 Å². The van der Waals surface area contributed by atoms with Gasteiger partial charge in [0, 0.05) is 38.4 Å². The molecule has 10 aromatic rings. The number of nitrogens with zero attached hydrogens (tertiary/aromatic N) is 2. The molecule has 0 spiro atoms. The quantitative estimate of drug-likeness (QED) is 0.178. The average molecular weight is 713 g/mol. The van der Waals surface area contributed by atoms with Crippen LogP contribution in [0.1, 0.15) is 25.0 Å². The van der Waals surface area contributed by atoms with Gasteiger partial charge in [0.2, 0.25) is 0 Å². The Bertz CT molecular complexity index is 3270. The minimum Gasteiger partial charge on any atom is -0.309 e. The van der Waals surface area contributed by atoms with Gasteiger partial charge >= 0.3 is 0 Å². The first-order valence-electron chi connectivity index (χ1n) is 19.5. The third-order valence-corrected chi connectivity index (χ3v) is 12.5. The molecule has 0 amide bonds. The monoisotopic (exact) mass is 712 g/mol. The van der Waals surface area contributed by atoms with Crippen LogP contribution in [-0.2, 0) is 5.41 Å². The summed E-state index contributed by atoms with van der Waals surface area (Å²) in [6.45, 7) is 4.71. The van der Waals surface area contributed by atoms with Crippen molar-refractivity contribution in [2.45, 2.75) is 19.3 Å². The first-order valence-corrected chi connectivity index (χ1v) is 19.5. The predicted octanol–water partition coefficient (Wildman–Crippen LogP) is 14.3. The summed E-state index contributed by atoms with van der Waals surface area (Å²) < 4.78 is 2.41. The second kappa shape index (κ2) is 11.5. The Hall–Kier alpha value is -7.03. The van der Waals surface area contributed by atoms with Crippen LogP contribution in [0.3, 0.4) is 0 Å². The van der Waals surface area contributed by atoms with E-state index in [-0.39, 0.29) is 5.41 Å². The van der Waals surface area contributed by atoms with Crippen LogP contribution >= 0.6 is 0 Å². The Labute approximate surface area is 326 Å². The minimum atomic E-state index is -0.0492. The Balaban J connectivity index is 1.01. The maximum atomic E-state index is 5.32. The second-order valence-corrected chi connectivity index (χ2v) is 16.0. The summed E-state index contributed by atoms with van der Waals surface area (Å²) in [5.74, 6) is 0. The van der Waals surface area contributed by atoms with E-state index in [9.17, 15) is 0 Å². The summed E-state index contributed by atoms with van der Waals surface area (Å²) in [6, 6.07) is 67.0. The number of hydrogen-bond acceptors (Lipinski definition) is 1. The molecule has 0 atom stereocenters. The largest absolute Gasteiger partial charge is 0.309 e. The smallest absolute Gasteiger partial charge is 0.0800 e. The third-order valence-electron chi connectivity index (χ3n) is 12.5. The van der Waals surface area contributed by atoms with E-state index in [1.165, 1.54) is 93.8 Å². The van der Waals surface area contributed by atoms with Crippen LogP contribution in [0.2, 0.25) is 0 Å². The molecular formula is C54H36N2. The summed E-state index contributed by atoms with van der Waals surface area (Å²) in [7, 11) is 0. The fraction of sp³-hybridized carbons (Fsp3) is 0.0556. The fourth-order valence-electron chi connectivity index (χ4n) is 9.78. The number of benzene rings is 8. The number of pyridine rings is 1. The standard InChI is InChI=1S/C54H36N2/c1-54(2)47-21-9-8-18-41(47)42-25-22-36(31-48(42)54)35-24-27-51-46(30-35)45-29-34(23-26-50(45)56(51)39-15-4-3-5-16-39)33-12-10-13-37(28-33)49-32-38-14-11-20-43-40-17-6-7-19-44(40)53(55-49)52(38)43/h3-32H,1-2H3. The first-order chi connectivity index (χ1) is 27.5. The van der Waals surface area contributed by atoms with Crippen LogP contribution in [0.5, 0.6) is 0 Å². The molecule has 0 N–H and O–H groups in total. The molecule has 0 saturated carbocycles. The zero-order valence-corrected chi connectivity index (χ0v) is 31.2. The first kappa shape index (κ1) is 31.3. The van der Waals surface area contributed by atoms with Crippen LogP contribution in [0, 0.1) is 0 Å². The number of para-hydroxylation sites is 1. The van der Waals surface area contributed by atoms with Crippen molar-refractivity contribution in [1.29, 1.82) is 0 Å². The summed E-state index contributed by atoms with van der Waals surface area (Å²) in [5, 5.41) is 4.97. The highest BCUT2D eigenvalue weighted by Crippen LogP contribution is 2.50. The normalized spacial score (nSPS) is 13.3. The van der Waals surface area contributed by atoms with Crippen LogP contribution in [0.4, 0.5) is 0 Å². The van der Waals surface area contributed by atoms with Crippen molar-refractivity contribution in [3.8, 4) is 72.7 Å². The maximum absolute atomic E-state index is 5.32. The van der Waals surface area contributed by atoms with Crippen LogP contribution in [0.25, 0.3) is 105 Å². The van der Waals surface area contributed by atoms with Gasteiger partial charge in [-0.1, -0.05) is 141 Å². The third kappa shape index (κ3) is 4.41. The summed E-state index contributed by atoms with van der Waals surface area (Å²) in [4.78, 5) is 5.32. The molecule has 2 aromatic heterocycles. The molecule has 2 aliphatic rings. The number of rotatable bonds is 4. The zero-order chi connectivity index (χ0) is 37.1. The minimum absolute atomic E-state index is 0.0492. The van der Waals surface area contributed by atoms with Gasteiger partial charge in [-0.05, 0) is 116 Å². The number of hydrogen-bond donors (Lipinski definition) is 0. The van der Waals surface area contributed by atoms with E-state index in [1.54, 1.807) is 0 Å². The lowest BCUT2D eigenvalue weighted by atomic mass is 9.81. The molecule has 0 bridgehead atoms. The van der Waals surface area contributed by atoms with Crippen molar-refractivity contribution < 1.29 is 0 Å². The van der Waals surface area contributed by atoms with Crippen molar-refractivity contribution in [2.24, 2.45) is 0 Å². The van der Waals surface area contributed by atoms with Gasteiger partial charge in [0.1, 0.15) is 0 Å². The van der Waals surface area contributed by atoms with E-state index in [4.69, 9.17) is 4.98 Å². The molecule has 0 radical (unpaired) electrons. The van der Waals surface area contributed by atoms with Gasteiger partial charge < -0.3 is 4.57 Å². The van der Waals surface area contributed by atoms with E-state index >= 15 is 0 Å². The van der Waals surface area contributed by atoms with Crippen LogP contribution in [-0.4, -0.2) is 9.55 Å². The molecule has 0 aliphatic heterocycles. The second-order valence-electron chi connectivity index (χ2n) is 16.0. The van der Waals surface area contributed by atoms with Gasteiger partial charge in [0.15, 0.2) is 0 Å². The Kier molecular flexibility index (Phi) is 6.43. The van der Waals surface area contributed by atoms with Gasteiger partial charge in [0.05, 0.1) is 22.4 Å². The van der Waals surface area contributed by atoms with E-state index < -0.39 is 0 Å². The molecule has 0 fully saturated rings. The van der Waals surface area contributed by atoms with E-state index in [0.29, 0.717) is 0 Å². The topological polar surface area (TPSA) is 17.8 Å². The van der Waals surface area contributed by atoms with Crippen molar-refractivity contribution in [2.75, 3.05) is 0 Å². The van der Waals surface area contributed by atoms with Gasteiger partial charge in [-0.25, -0.2) is 4.98 Å². The fourth-order valence-corrected chi connectivity index (χ4v) is 9.78. The lowest BCUT2D eigenvalue weighted by molar-refractivity contribution is 0.660. The molecule has 262 valence electrons. The van der Waals surface area contributed by atoms with Crippen LogP contribution in [0.15, 0.2) is 182 Å². The van der Waals surface area contributed by atoms with Crippen molar-refractivity contribution >= 4 is 32.6 Å². The molecule has 12 rings (SSSR count). The molecule has 0 saturated heterocycles. The number of aromatic nitrogens is 2. The average Bonchev–Trinajstić information content (AvgIpc) is 3.84. The summed E-state index contributed by atoms with van der Waals surface area (Å²) in [5.41, 5.74) is 20.8. The van der Waals surface area contributed by atoms with E-state index in [2.05, 4.69) is 200 Å². The lowest BCUT2D eigenvalue weighted by Gasteiger charge is -2.22. The highest BCUT2D eigenvalue weighted by Gasteiger charge is 2.35. The molecule has 2 heteroatoms. The predicted molar refractivity (Wildman–Crippen MR) is 234 cm³/mol. The molecular weight excluding hydrogens is 677 g/mol. The Morgan fingerprint density at radius 1 is 0.411 bits per heavy atom. The summed E-state index contributed by atoms with van der Waals surface area (Å²) >= 11 is 0. The van der Waals surface area contributed by atoms with Crippen molar-refractivity contribution in [1.82, 2.24) is 9.55 Å². The number of fused-ring (bicyclic) bond motifs is 9.